The minimum atomic E-state index is 0.668. The normalized spacial score (nSPS) is 17.2. The third kappa shape index (κ3) is 10.2. The quantitative estimate of drug-likeness (QED) is 0.540. The maximum absolute atomic E-state index is 5.82. The molecule has 3 heterocycles. The molecule has 4 bridgehead atoms. The summed E-state index contributed by atoms with van der Waals surface area (Å²) in [5.74, 6) is 12.2. The predicted molar refractivity (Wildman–Crippen MR) is 131 cm³/mol. The molecule has 3 heteroatoms. The second-order valence-corrected chi connectivity index (χ2v) is 8.21. The van der Waals surface area contributed by atoms with Gasteiger partial charge in [-0.25, -0.2) is 0 Å². The van der Waals surface area contributed by atoms with E-state index < -0.39 is 0 Å². The molecule has 5 rings (SSSR count). The lowest BCUT2D eigenvalue weighted by atomic mass is 10.1. The first kappa shape index (κ1) is 24.1. The molecular formula is C29H35NO2. The van der Waals surface area contributed by atoms with Crippen LogP contribution < -0.4 is 5.32 Å². The number of ether oxygens (including phenoxy) is 2. The van der Waals surface area contributed by atoms with Crippen molar-refractivity contribution in [3.05, 3.63) is 70.8 Å². The maximum atomic E-state index is 5.82. The van der Waals surface area contributed by atoms with Crippen LogP contribution >= 0.6 is 0 Å². The van der Waals surface area contributed by atoms with E-state index in [2.05, 4.69) is 77.5 Å². The molecule has 0 unspecified atom stereocenters. The summed E-state index contributed by atoms with van der Waals surface area (Å²) in [5, 5.41) is 3.53. The lowest BCUT2D eigenvalue weighted by Gasteiger charge is -2.08. The topological polar surface area (TPSA) is 30.5 Å². The van der Waals surface area contributed by atoms with E-state index in [1.807, 2.05) is 0 Å². The molecule has 3 aliphatic heterocycles. The van der Waals surface area contributed by atoms with Crippen molar-refractivity contribution in [2.45, 2.75) is 71.2 Å². The monoisotopic (exact) mass is 429 g/mol. The Bertz CT molecular complexity index is 895. The van der Waals surface area contributed by atoms with Gasteiger partial charge in [0.1, 0.15) is 0 Å². The van der Waals surface area contributed by atoms with Crippen LogP contribution in [0.1, 0.15) is 67.2 Å². The molecule has 168 valence electrons. The molecule has 2 aromatic rings. The number of fused-ring (bicyclic) bond motifs is 2. The van der Waals surface area contributed by atoms with Crippen molar-refractivity contribution in [2.75, 3.05) is 13.2 Å². The standard InChI is InChI=1S/C29H35NO2/c1-2-4-6-8-10-20-31-24-28-16-12-26(13-17-28)22-30-23-27-14-18-29(19-15-27)25-32-21-11-9-7-5-3-1/h12-19,30H,4,6-11,20-25H2. The summed E-state index contributed by atoms with van der Waals surface area (Å²) in [4.78, 5) is 0. The van der Waals surface area contributed by atoms with Crippen molar-refractivity contribution in [3.63, 3.8) is 0 Å². The molecule has 1 N–H and O–H groups in total. The molecule has 0 spiro atoms. The molecule has 0 saturated heterocycles. The number of benzene rings is 2. The molecule has 0 aromatic heterocycles. The molecule has 3 aliphatic rings. The third-order valence-electron chi connectivity index (χ3n) is 5.41. The summed E-state index contributed by atoms with van der Waals surface area (Å²) >= 11 is 0. The lowest BCUT2D eigenvalue weighted by Crippen LogP contribution is -2.12. The van der Waals surface area contributed by atoms with Crippen LogP contribution in [0.2, 0.25) is 0 Å². The molecule has 32 heavy (non-hydrogen) atoms. The predicted octanol–water partition coefficient (Wildman–Crippen LogP) is 5.76. The zero-order valence-corrected chi connectivity index (χ0v) is 19.1. The van der Waals surface area contributed by atoms with Gasteiger partial charge in [-0.05, 0) is 59.8 Å². The van der Waals surface area contributed by atoms with E-state index in [1.54, 1.807) is 0 Å². The van der Waals surface area contributed by atoms with E-state index in [0.717, 1.165) is 71.2 Å². The summed E-state index contributed by atoms with van der Waals surface area (Å²) in [6.07, 6.45) is 7.24. The first-order chi connectivity index (χ1) is 15.9. The van der Waals surface area contributed by atoms with Crippen LogP contribution in [0.25, 0.3) is 0 Å². The molecule has 0 aliphatic carbocycles. The van der Waals surface area contributed by atoms with Gasteiger partial charge in [0, 0.05) is 39.1 Å². The lowest BCUT2D eigenvalue weighted by molar-refractivity contribution is 0.117. The second-order valence-electron chi connectivity index (χ2n) is 8.21. The van der Waals surface area contributed by atoms with Crippen molar-refractivity contribution >= 4 is 0 Å². The Balaban J connectivity index is 1.48. The fraction of sp³-hybridized carbons (Fsp3) is 0.448. The van der Waals surface area contributed by atoms with Crippen LogP contribution in [-0.2, 0) is 35.8 Å². The third-order valence-corrected chi connectivity index (χ3v) is 5.41. The second kappa shape index (κ2) is 15.3. The largest absolute Gasteiger partial charge is 0.377 e. The fourth-order valence-electron chi connectivity index (χ4n) is 3.46. The van der Waals surface area contributed by atoms with E-state index >= 15 is 0 Å². The molecule has 2 aromatic carbocycles. The summed E-state index contributed by atoms with van der Waals surface area (Å²) < 4.78 is 11.6. The van der Waals surface area contributed by atoms with Crippen molar-refractivity contribution in [1.29, 1.82) is 0 Å². The average molecular weight is 430 g/mol. The summed E-state index contributed by atoms with van der Waals surface area (Å²) in [7, 11) is 0. The Morgan fingerprint density at radius 3 is 1.50 bits per heavy atom. The van der Waals surface area contributed by atoms with Gasteiger partial charge in [-0.2, -0.15) is 0 Å². The first-order valence-electron chi connectivity index (χ1n) is 11.9. The maximum Gasteiger partial charge on any atom is 0.0716 e. The van der Waals surface area contributed by atoms with Gasteiger partial charge in [-0.15, -0.1) is 0 Å². The first-order valence-corrected chi connectivity index (χ1v) is 11.9. The molecule has 0 radical (unpaired) electrons. The molecule has 0 fully saturated rings. The van der Waals surface area contributed by atoms with Gasteiger partial charge in [-0.3, -0.25) is 0 Å². The van der Waals surface area contributed by atoms with Crippen LogP contribution in [0, 0.1) is 23.7 Å². The van der Waals surface area contributed by atoms with Gasteiger partial charge in [0.05, 0.1) is 13.2 Å². The van der Waals surface area contributed by atoms with Crippen molar-refractivity contribution in [1.82, 2.24) is 5.32 Å². The van der Waals surface area contributed by atoms with Crippen LogP contribution in [0.4, 0.5) is 0 Å². The number of hydrogen-bond donors (Lipinski definition) is 1. The van der Waals surface area contributed by atoms with Gasteiger partial charge in [0.2, 0.25) is 0 Å². The van der Waals surface area contributed by atoms with Crippen molar-refractivity contribution < 1.29 is 9.47 Å². The van der Waals surface area contributed by atoms with Crippen molar-refractivity contribution in [2.24, 2.45) is 0 Å². The molecule has 0 atom stereocenters. The van der Waals surface area contributed by atoms with Gasteiger partial charge < -0.3 is 14.8 Å². The smallest absolute Gasteiger partial charge is 0.0716 e. The zero-order chi connectivity index (χ0) is 22.1. The molecule has 3 nitrogen and oxygen atoms in total. The van der Waals surface area contributed by atoms with E-state index in [9.17, 15) is 0 Å². The van der Waals surface area contributed by atoms with Crippen LogP contribution in [0.15, 0.2) is 48.5 Å². The Hall–Kier alpha value is -2.56. The average Bonchev–Trinajstić information content (AvgIpc) is 2.82. The van der Waals surface area contributed by atoms with E-state index in [-0.39, 0.29) is 0 Å². The number of rotatable bonds is 0. The fourth-order valence-corrected chi connectivity index (χ4v) is 3.46. The summed E-state index contributed by atoms with van der Waals surface area (Å²) in [6.45, 7) is 4.65. The Morgan fingerprint density at radius 2 is 0.969 bits per heavy atom. The number of nitrogens with one attached hydrogen (secondary N) is 1. The molecule has 0 amide bonds. The van der Waals surface area contributed by atoms with Gasteiger partial charge in [-0.1, -0.05) is 66.8 Å². The minimum absolute atomic E-state index is 0.668. The van der Waals surface area contributed by atoms with Crippen LogP contribution in [0.3, 0.4) is 0 Å². The van der Waals surface area contributed by atoms with Gasteiger partial charge in [0.15, 0.2) is 0 Å². The van der Waals surface area contributed by atoms with Gasteiger partial charge in [0.25, 0.3) is 0 Å². The summed E-state index contributed by atoms with van der Waals surface area (Å²) in [6, 6.07) is 17.4. The Morgan fingerprint density at radius 1 is 0.531 bits per heavy atom. The highest BCUT2D eigenvalue weighted by atomic mass is 16.5. The van der Waals surface area contributed by atoms with E-state index in [1.165, 1.54) is 22.3 Å². The van der Waals surface area contributed by atoms with Crippen LogP contribution in [0.5, 0.6) is 0 Å². The van der Waals surface area contributed by atoms with E-state index in [4.69, 9.17) is 9.47 Å². The number of hydrogen-bond acceptors (Lipinski definition) is 3. The Kier molecular flexibility index (Phi) is 11.5. The van der Waals surface area contributed by atoms with E-state index in [0.29, 0.717) is 13.2 Å². The zero-order valence-electron chi connectivity index (χ0n) is 19.1. The van der Waals surface area contributed by atoms with Crippen LogP contribution in [-0.4, -0.2) is 13.2 Å². The van der Waals surface area contributed by atoms with Crippen molar-refractivity contribution in [3.8, 4) is 23.7 Å². The highest BCUT2D eigenvalue weighted by Gasteiger charge is 1.99. The minimum Gasteiger partial charge on any atom is -0.377 e. The SMILES string of the molecule is C1#CCCCCCOCc2ccc(cc2)CNCc2ccc(cc2)COCCCCC#C1. The van der Waals surface area contributed by atoms with Gasteiger partial charge >= 0.3 is 0 Å². The highest BCUT2D eigenvalue weighted by molar-refractivity contribution is 5.26. The summed E-state index contributed by atoms with van der Waals surface area (Å²) in [5.41, 5.74) is 5.02. The highest BCUT2D eigenvalue weighted by Crippen LogP contribution is 2.09. The molecular weight excluding hydrogens is 394 g/mol. The Labute approximate surface area is 193 Å². The molecule has 0 saturated carbocycles.